The van der Waals surface area contributed by atoms with Gasteiger partial charge in [-0.25, -0.2) is 0 Å². The Hall–Kier alpha value is -2.55. The molecule has 2 aromatic rings. The van der Waals surface area contributed by atoms with Crippen LogP contribution in [0.5, 0.6) is 5.88 Å². The molecule has 10 heteroatoms. The van der Waals surface area contributed by atoms with Crippen LogP contribution in [0.3, 0.4) is 0 Å². The summed E-state index contributed by atoms with van der Waals surface area (Å²) in [6.07, 6.45) is -1.31. The minimum Gasteiger partial charge on any atom is -0.478 e. The van der Waals surface area contributed by atoms with Crippen molar-refractivity contribution >= 4 is 23.3 Å². The summed E-state index contributed by atoms with van der Waals surface area (Å²) in [6.45, 7) is 0.334. The van der Waals surface area contributed by atoms with Gasteiger partial charge in [0.25, 0.3) is 5.91 Å². The highest BCUT2D eigenvalue weighted by atomic mass is 35.5. The van der Waals surface area contributed by atoms with Crippen molar-refractivity contribution in [1.82, 2.24) is 15.3 Å². The Labute approximate surface area is 152 Å². The molecule has 2 heterocycles. The first-order valence-corrected chi connectivity index (χ1v) is 7.96. The van der Waals surface area contributed by atoms with Crippen LogP contribution in [-0.2, 0) is 6.18 Å². The molecule has 0 aromatic carbocycles. The topological polar surface area (TPSA) is 76.1 Å². The van der Waals surface area contributed by atoms with E-state index in [0.29, 0.717) is 6.42 Å². The lowest BCUT2D eigenvalue weighted by Gasteiger charge is -2.12. The van der Waals surface area contributed by atoms with Crippen molar-refractivity contribution < 1.29 is 22.7 Å². The number of nitrogens with zero attached hydrogens (tertiary/aromatic N) is 2. The minimum absolute atomic E-state index is 0.0503. The third kappa shape index (κ3) is 5.48. The lowest BCUT2D eigenvalue weighted by Crippen LogP contribution is -2.26. The number of alkyl halides is 3. The molecular weight excluding hydrogens is 373 g/mol. The monoisotopic (exact) mass is 388 g/mol. The number of hydrogen-bond acceptors (Lipinski definition) is 5. The summed E-state index contributed by atoms with van der Waals surface area (Å²) in [6, 6.07) is 3.22. The summed E-state index contributed by atoms with van der Waals surface area (Å²) in [5.74, 6) is -0.488. The van der Waals surface area contributed by atoms with E-state index in [2.05, 4.69) is 20.6 Å². The van der Waals surface area contributed by atoms with Gasteiger partial charge in [0.05, 0.1) is 22.8 Å². The molecule has 0 aliphatic rings. The van der Waals surface area contributed by atoms with Gasteiger partial charge in [-0.2, -0.15) is 18.2 Å². The maximum Gasteiger partial charge on any atom is 0.416 e. The van der Waals surface area contributed by atoms with E-state index >= 15 is 0 Å². The fourth-order valence-electron chi connectivity index (χ4n) is 1.96. The molecule has 0 atom stereocenters. The summed E-state index contributed by atoms with van der Waals surface area (Å²) >= 11 is 5.89. The average Bonchev–Trinajstić information content (AvgIpc) is 2.60. The van der Waals surface area contributed by atoms with E-state index in [9.17, 15) is 18.0 Å². The molecule has 0 radical (unpaired) electrons. The third-order valence-electron chi connectivity index (χ3n) is 3.25. The highest BCUT2D eigenvalue weighted by Crippen LogP contribution is 2.32. The van der Waals surface area contributed by atoms with Gasteiger partial charge >= 0.3 is 6.18 Å². The number of carbonyl (C=O) groups is 1. The van der Waals surface area contributed by atoms with Crippen LogP contribution in [0.2, 0.25) is 5.02 Å². The summed E-state index contributed by atoms with van der Waals surface area (Å²) in [5.41, 5.74) is -0.611. The fourth-order valence-corrected chi connectivity index (χ4v) is 2.15. The number of aromatic nitrogens is 2. The van der Waals surface area contributed by atoms with Crippen molar-refractivity contribution in [3.8, 4) is 5.88 Å². The molecule has 0 fully saturated rings. The standard InChI is InChI=1S/C16H16ClF3N4O2/c1-21-13-7-10(16(18,19)20)8-14(24-13)26-6-2-4-23-15(25)11-9-22-5-3-12(11)17/h3,5,7-9H,2,4,6H2,1H3,(H,21,24)(H,23,25). The Morgan fingerprint density at radius 3 is 2.77 bits per heavy atom. The lowest BCUT2D eigenvalue weighted by atomic mass is 10.2. The molecule has 2 aromatic heterocycles. The summed E-state index contributed by atoms with van der Waals surface area (Å²) in [5, 5.41) is 5.46. The number of rotatable bonds is 7. The van der Waals surface area contributed by atoms with Crippen LogP contribution in [0.4, 0.5) is 19.0 Å². The molecule has 2 N–H and O–H groups in total. The summed E-state index contributed by atoms with van der Waals surface area (Å²) in [4.78, 5) is 19.6. The number of carbonyl (C=O) groups excluding carboxylic acids is 1. The minimum atomic E-state index is -4.50. The van der Waals surface area contributed by atoms with Crippen molar-refractivity contribution in [2.75, 3.05) is 25.5 Å². The van der Waals surface area contributed by atoms with Crippen LogP contribution in [0.15, 0.2) is 30.6 Å². The number of ether oxygens (including phenoxy) is 1. The van der Waals surface area contributed by atoms with E-state index in [1.807, 2.05) is 0 Å². The van der Waals surface area contributed by atoms with Gasteiger partial charge in [0.15, 0.2) is 0 Å². The SMILES string of the molecule is CNc1cc(C(F)(F)F)cc(OCCCNC(=O)c2cnccc2Cl)n1. The molecule has 0 spiro atoms. The maximum atomic E-state index is 12.8. The molecule has 0 saturated carbocycles. The van der Waals surface area contributed by atoms with Crippen LogP contribution >= 0.6 is 11.6 Å². The Morgan fingerprint density at radius 2 is 2.12 bits per heavy atom. The van der Waals surface area contributed by atoms with Gasteiger partial charge < -0.3 is 15.4 Å². The Kier molecular flexibility index (Phi) is 6.62. The molecular formula is C16H16ClF3N4O2. The number of nitrogens with one attached hydrogen (secondary N) is 2. The molecule has 2 rings (SSSR count). The quantitative estimate of drug-likeness (QED) is 0.711. The second-order valence-electron chi connectivity index (χ2n) is 5.14. The molecule has 0 unspecified atom stereocenters. The van der Waals surface area contributed by atoms with E-state index in [1.54, 1.807) is 0 Å². The number of pyridine rings is 2. The molecule has 0 aliphatic carbocycles. The highest BCUT2D eigenvalue weighted by Gasteiger charge is 2.31. The first kappa shape index (κ1) is 19.8. The van der Waals surface area contributed by atoms with E-state index in [0.717, 1.165) is 12.1 Å². The number of halogens is 4. The number of hydrogen-bond donors (Lipinski definition) is 2. The molecule has 1 amide bonds. The molecule has 0 bridgehead atoms. The summed E-state index contributed by atoms with van der Waals surface area (Å²) < 4.78 is 43.8. The lowest BCUT2D eigenvalue weighted by molar-refractivity contribution is -0.137. The van der Waals surface area contributed by atoms with E-state index in [4.69, 9.17) is 16.3 Å². The van der Waals surface area contributed by atoms with Gasteiger partial charge in [-0.1, -0.05) is 11.6 Å². The average molecular weight is 389 g/mol. The highest BCUT2D eigenvalue weighted by molar-refractivity contribution is 6.33. The number of amides is 1. The molecule has 0 saturated heterocycles. The van der Waals surface area contributed by atoms with Gasteiger partial charge in [0.2, 0.25) is 5.88 Å². The predicted octanol–water partition coefficient (Wildman–Crippen LogP) is 3.39. The van der Waals surface area contributed by atoms with Crippen LogP contribution in [0.1, 0.15) is 22.3 Å². The van der Waals surface area contributed by atoms with E-state index in [-0.39, 0.29) is 35.4 Å². The van der Waals surface area contributed by atoms with Crippen molar-refractivity contribution in [2.45, 2.75) is 12.6 Å². The van der Waals surface area contributed by atoms with Crippen LogP contribution in [0, 0.1) is 0 Å². The Bertz CT molecular complexity index is 771. The van der Waals surface area contributed by atoms with Gasteiger partial charge in [-0.15, -0.1) is 0 Å². The summed E-state index contributed by atoms with van der Waals surface area (Å²) in [7, 11) is 1.46. The van der Waals surface area contributed by atoms with E-state index in [1.165, 1.54) is 25.5 Å². The predicted molar refractivity (Wildman–Crippen MR) is 90.5 cm³/mol. The zero-order valence-corrected chi connectivity index (χ0v) is 14.5. The maximum absolute atomic E-state index is 12.8. The second-order valence-corrected chi connectivity index (χ2v) is 5.55. The van der Waals surface area contributed by atoms with Crippen LogP contribution < -0.4 is 15.4 Å². The molecule has 6 nitrogen and oxygen atoms in total. The van der Waals surface area contributed by atoms with Gasteiger partial charge in [0.1, 0.15) is 5.82 Å². The first-order chi connectivity index (χ1) is 12.3. The molecule has 0 aliphatic heterocycles. The fraction of sp³-hybridized carbons (Fsp3) is 0.312. The van der Waals surface area contributed by atoms with Crippen LogP contribution in [-0.4, -0.2) is 36.1 Å². The van der Waals surface area contributed by atoms with Gasteiger partial charge in [0, 0.05) is 32.1 Å². The number of anilines is 1. The Morgan fingerprint density at radius 1 is 1.35 bits per heavy atom. The zero-order chi connectivity index (χ0) is 19.2. The zero-order valence-electron chi connectivity index (χ0n) is 13.7. The Balaban J connectivity index is 1.85. The first-order valence-electron chi connectivity index (χ1n) is 7.59. The van der Waals surface area contributed by atoms with Gasteiger partial charge in [-0.05, 0) is 18.6 Å². The van der Waals surface area contributed by atoms with E-state index < -0.39 is 17.6 Å². The smallest absolute Gasteiger partial charge is 0.416 e. The van der Waals surface area contributed by atoms with Crippen molar-refractivity contribution in [1.29, 1.82) is 0 Å². The molecule has 140 valence electrons. The van der Waals surface area contributed by atoms with Gasteiger partial charge in [-0.3, -0.25) is 9.78 Å². The van der Waals surface area contributed by atoms with Crippen LogP contribution in [0.25, 0.3) is 0 Å². The second kappa shape index (κ2) is 8.70. The van der Waals surface area contributed by atoms with Crippen molar-refractivity contribution in [3.05, 3.63) is 46.7 Å². The largest absolute Gasteiger partial charge is 0.478 e. The molecule has 26 heavy (non-hydrogen) atoms. The van der Waals surface area contributed by atoms with Crippen molar-refractivity contribution in [3.63, 3.8) is 0 Å². The normalized spacial score (nSPS) is 11.1. The van der Waals surface area contributed by atoms with Crippen molar-refractivity contribution in [2.24, 2.45) is 0 Å². The third-order valence-corrected chi connectivity index (χ3v) is 3.58.